The molecule has 0 spiro atoms. The fraction of sp³-hybridized carbons (Fsp3) is 0.467. The molecule has 1 aromatic heterocycles. The van der Waals surface area contributed by atoms with Gasteiger partial charge in [-0.3, -0.25) is 14.2 Å². The van der Waals surface area contributed by atoms with Crippen LogP contribution in [0.5, 0.6) is 0 Å². The first-order chi connectivity index (χ1) is 9.97. The van der Waals surface area contributed by atoms with E-state index in [-0.39, 0.29) is 11.6 Å². The number of hydroxylamine groups is 2. The van der Waals surface area contributed by atoms with Crippen molar-refractivity contribution >= 4 is 16.9 Å². The topological polar surface area (TPSA) is 67.3 Å². The number of nitrogens with zero attached hydrogens (tertiary/aromatic N) is 2. The molecule has 0 fully saturated rings. The number of hydrogen-bond acceptors (Lipinski definition) is 3. The quantitative estimate of drug-likeness (QED) is 0.857. The summed E-state index contributed by atoms with van der Waals surface area (Å²) in [6.45, 7) is 4.87. The van der Waals surface area contributed by atoms with E-state index in [1.54, 1.807) is 29.8 Å². The van der Waals surface area contributed by atoms with Crippen molar-refractivity contribution in [3.63, 3.8) is 0 Å². The third-order valence-electron chi connectivity index (χ3n) is 3.77. The number of imidazole rings is 1. The minimum Gasteiger partial charge on any atom is -0.306 e. The summed E-state index contributed by atoms with van der Waals surface area (Å²) in [6, 6.07) is 5.19. The Bertz CT molecular complexity index is 702. The first kappa shape index (κ1) is 15.3. The smallest absolute Gasteiger partial charge is 0.306 e. The number of benzene rings is 1. The SMILES string of the molecule is CCC(C)Cn1c(=O)[nH]c2cc(C(=O)N(C)OC)ccc21. The summed E-state index contributed by atoms with van der Waals surface area (Å²) in [6.07, 6.45) is 1.01. The summed E-state index contributed by atoms with van der Waals surface area (Å²) in [4.78, 5) is 31.8. The number of aromatic amines is 1. The van der Waals surface area contributed by atoms with Crippen LogP contribution in [0, 0.1) is 5.92 Å². The number of amides is 1. The third kappa shape index (κ3) is 3.00. The Kier molecular flexibility index (Phi) is 4.47. The van der Waals surface area contributed by atoms with Crippen LogP contribution in [-0.2, 0) is 11.4 Å². The molecule has 1 amide bonds. The Morgan fingerprint density at radius 1 is 1.48 bits per heavy atom. The lowest BCUT2D eigenvalue weighted by Gasteiger charge is -2.13. The molecule has 1 atom stereocenters. The van der Waals surface area contributed by atoms with Gasteiger partial charge in [0.2, 0.25) is 0 Å². The van der Waals surface area contributed by atoms with Crippen molar-refractivity contribution in [3.05, 3.63) is 34.2 Å². The Labute approximate surface area is 123 Å². The maximum absolute atomic E-state index is 12.0. The number of carbonyl (C=O) groups excluding carboxylic acids is 1. The molecule has 114 valence electrons. The molecule has 0 saturated heterocycles. The Morgan fingerprint density at radius 3 is 2.81 bits per heavy atom. The third-order valence-corrected chi connectivity index (χ3v) is 3.77. The molecule has 1 N–H and O–H groups in total. The fourth-order valence-electron chi connectivity index (χ4n) is 2.18. The van der Waals surface area contributed by atoms with Crippen LogP contribution in [0.25, 0.3) is 11.0 Å². The Balaban J connectivity index is 2.42. The standard InChI is InChI=1S/C15H21N3O3/c1-5-10(2)9-18-13-7-6-11(14(19)17(3)21-4)8-12(13)16-15(18)20/h6-8,10H,5,9H2,1-4H3,(H,16,20). The summed E-state index contributed by atoms with van der Waals surface area (Å²) < 4.78 is 1.72. The van der Waals surface area contributed by atoms with E-state index in [1.807, 2.05) is 0 Å². The molecule has 0 aliphatic heterocycles. The number of rotatable bonds is 5. The van der Waals surface area contributed by atoms with Crippen molar-refractivity contribution in [3.8, 4) is 0 Å². The minimum absolute atomic E-state index is 0.144. The van der Waals surface area contributed by atoms with E-state index < -0.39 is 0 Å². The van der Waals surface area contributed by atoms with Gasteiger partial charge >= 0.3 is 5.69 Å². The van der Waals surface area contributed by atoms with Gasteiger partial charge in [-0.05, 0) is 24.1 Å². The highest BCUT2D eigenvalue weighted by Crippen LogP contribution is 2.16. The number of nitrogens with one attached hydrogen (secondary N) is 1. The largest absolute Gasteiger partial charge is 0.326 e. The van der Waals surface area contributed by atoms with Gasteiger partial charge in [0.1, 0.15) is 0 Å². The zero-order chi connectivity index (χ0) is 15.6. The normalized spacial score (nSPS) is 12.6. The number of hydrogen-bond donors (Lipinski definition) is 1. The van der Waals surface area contributed by atoms with Gasteiger partial charge < -0.3 is 4.98 Å². The Hall–Kier alpha value is -2.08. The highest BCUT2D eigenvalue weighted by molar-refractivity contribution is 5.96. The predicted molar refractivity (Wildman–Crippen MR) is 81.1 cm³/mol. The van der Waals surface area contributed by atoms with E-state index in [0.29, 0.717) is 23.5 Å². The van der Waals surface area contributed by atoms with Crippen LogP contribution < -0.4 is 5.69 Å². The van der Waals surface area contributed by atoms with E-state index in [1.165, 1.54) is 7.11 Å². The summed E-state index contributed by atoms with van der Waals surface area (Å²) in [5.74, 6) is 0.164. The molecule has 1 aromatic carbocycles. The minimum atomic E-state index is -0.255. The molecule has 6 nitrogen and oxygen atoms in total. The van der Waals surface area contributed by atoms with Gasteiger partial charge in [-0.15, -0.1) is 0 Å². The van der Waals surface area contributed by atoms with Crippen molar-refractivity contribution in [2.75, 3.05) is 14.2 Å². The fourth-order valence-corrected chi connectivity index (χ4v) is 2.18. The summed E-state index contributed by atoms with van der Waals surface area (Å²) >= 11 is 0. The average molecular weight is 291 g/mol. The van der Waals surface area contributed by atoms with Crippen LogP contribution in [0.3, 0.4) is 0 Å². The molecular weight excluding hydrogens is 270 g/mol. The van der Waals surface area contributed by atoms with Crippen molar-refractivity contribution in [1.82, 2.24) is 14.6 Å². The molecule has 0 saturated carbocycles. The number of fused-ring (bicyclic) bond motifs is 1. The highest BCUT2D eigenvalue weighted by Gasteiger charge is 2.15. The first-order valence-corrected chi connectivity index (χ1v) is 7.02. The molecule has 0 radical (unpaired) electrons. The maximum atomic E-state index is 12.0. The highest BCUT2D eigenvalue weighted by atomic mass is 16.7. The molecule has 0 aliphatic rings. The van der Waals surface area contributed by atoms with E-state index in [4.69, 9.17) is 4.84 Å². The van der Waals surface area contributed by atoms with E-state index in [2.05, 4.69) is 18.8 Å². The lowest BCUT2D eigenvalue weighted by Crippen LogP contribution is -2.25. The average Bonchev–Trinajstić information content (AvgIpc) is 2.80. The van der Waals surface area contributed by atoms with E-state index in [9.17, 15) is 9.59 Å². The van der Waals surface area contributed by atoms with Crippen LogP contribution in [0.4, 0.5) is 0 Å². The molecule has 6 heteroatoms. The number of H-pyrrole nitrogens is 1. The van der Waals surface area contributed by atoms with Crippen LogP contribution in [0.2, 0.25) is 0 Å². The van der Waals surface area contributed by atoms with Crippen LogP contribution in [0.15, 0.2) is 23.0 Å². The second kappa shape index (κ2) is 6.13. The summed E-state index contributed by atoms with van der Waals surface area (Å²) in [5, 5.41) is 1.15. The van der Waals surface area contributed by atoms with Crippen LogP contribution in [-0.4, -0.2) is 34.7 Å². The summed E-state index contributed by atoms with van der Waals surface area (Å²) in [5.41, 5.74) is 1.81. The Morgan fingerprint density at radius 2 is 2.19 bits per heavy atom. The van der Waals surface area contributed by atoms with E-state index in [0.717, 1.165) is 17.0 Å². The zero-order valence-electron chi connectivity index (χ0n) is 12.8. The molecule has 1 heterocycles. The van der Waals surface area contributed by atoms with Gasteiger partial charge in [-0.25, -0.2) is 9.86 Å². The van der Waals surface area contributed by atoms with E-state index >= 15 is 0 Å². The molecule has 2 rings (SSSR count). The lowest BCUT2D eigenvalue weighted by atomic mass is 10.1. The van der Waals surface area contributed by atoms with Crippen molar-refractivity contribution in [2.45, 2.75) is 26.8 Å². The predicted octanol–water partition coefficient (Wildman–Crippen LogP) is 2.01. The van der Waals surface area contributed by atoms with Crippen LogP contribution >= 0.6 is 0 Å². The summed E-state index contributed by atoms with van der Waals surface area (Å²) in [7, 11) is 2.98. The van der Waals surface area contributed by atoms with Crippen molar-refractivity contribution in [2.24, 2.45) is 5.92 Å². The second-order valence-corrected chi connectivity index (χ2v) is 5.27. The number of aromatic nitrogens is 2. The number of carbonyl (C=O) groups is 1. The van der Waals surface area contributed by atoms with Gasteiger partial charge in [0.15, 0.2) is 0 Å². The van der Waals surface area contributed by atoms with Gasteiger partial charge in [0.05, 0.1) is 18.1 Å². The zero-order valence-corrected chi connectivity index (χ0v) is 12.8. The molecule has 2 aromatic rings. The lowest BCUT2D eigenvalue weighted by molar-refractivity contribution is -0.0756. The van der Waals surface area contributed by atoms with Crippen molar-refractivity contribution in [1.29, 1.82) is 0 Å². The second-order valence-electron chi connectivity index (χ2n) is 5.27. The molecular formula is C15H21N3O3. The van der Waals surface area contributed by atoms with Gasteiger partial charge in [-0.2, -0.15) is 0 Å². The monoisotopic (exact) mass is 291 g/mol. The maximum Gasteiger partial charge on any atom is 0.326 e. The van der Waals surface area contributed by atoms with Gasteiger partial charge in [0, 0.05) is 19.2 Å². The molecule has 1 unspecified atom stereocenters. The van der Waals surface area contributed by atoms with Gasteiger partial charge in [-0.1, -0.05) is 20.3 Å². The molecule has 0 aliphatic carbocycles. The molecule has 0 bridgehead atoms. The van der Waals surface area contributed by atoms with Crippen LogP contribution in [0.1, 0.15) is 30.6 Å². The van der Waals surface area contributed by atoms with Crippen molar-refractivity contribution < 1.29 is 9.63 Å². The van der Waals surface area contributed by atoms with Gasteiger partial charge in [0.25, 0.3) is 5.91 Å². The first-order valence-electron chi connectivity index (χ1n) is 7.02. The molecule has 21 heavy (non-hydrogen) atoms.